The van der Waals surface area contributed by atoms with Crippen LogP contribution in [0.1, 0.15) is 42.0 Å². The normalized spacial score (nSPS) is 17.4. The van der Waals surface area contributed by atoms with Crippen molar-refractivity contribution in [2.75, 3.05) is 20.1 Å². The summed E-state index contributed by atoms with van der Waals surface area (Å²) < 4.78 is 43.8. The van der Waals surface area contributed by atoms with Crippen molar-refractivity contribution in [2.45, 2.75) is 45.5 Å². The van der Waals surface area contributed by atoms with Crippen LogP contribution in [0.25, 0.3) is 16.7 Å². The highest BCUT2D eigenvalue weighted by Gasteiger charge is 2.38. The van der Waals surface area contributed by atoms with Crippen molar-refractivity contribution in [3.63, 3.8) is 0 Å². The number of nitrogens with zero attached hydrogens (tertiary/aromatic N) is 4. The van der Waals surface area contributed by atoms with E-state index in [-0.39, 0.29) is 11.6 Å². The third-order valence-electron chi connectivity index (χ3n) is 6.32. The minimum atomic E-state index is -4.66. The van der Waals surface area contributed by atoms with Gasteiger partial charge < -0.3 is 4.90 Å². The molecule has 170 valence electrons. The molecular weight excluding hydrogens is 417 g/mol. The Morgan fingerprint density at radius 3 is 2.56 bits per heavy atom. The van der Waals surface area contributed by atoms with Gasteiger partial charge in [-0.15, -0.1) is 0 Å². The Labute approximate surface area is 185 Å². The molecule has 1 atom stereocenters. The molecule has 5 nitrogen and oxygen atoms in total. The number of amides is 1. The average Bonchev–Trinajstić information content (AvgIpc) is 3.36. The Morgan fingerprint density at radius 2 is 1.91 bits per heavy atom. The zero-order chi connectivity index (χ0) is 23.2. The highest BCUT2D eigenvalue weighted by molar-refractivity contribution is 5.96. The standard InChI is InChI=1S/C24H27F3N4O/c1-15(2)30-12-11-18(14-30)29(4)23(32)19-10-9-17(13-20(19)24(25,26)27)31-16(3)28-21-7-5-6-8-22(21)31/h5-10,13,15,18H,11-12,14H2,1-4H3/t18-/m1/s1. The monoisotopic (exact) mass is 444 g/mol. The summed E-state index contributed by atoms with van der Waals surface area (Å²) in [5.41, 5.74) is 0.495. The minimum absolute atomic E-state index is 0.106. The van der Waals surface area contributed by atoms with E-state index in [9.17, 15) is 18.0 Å². The Hall–Kier alpha value is -2.87. The quantitative estimate of drug-likeness (QED) is 0.574. The molecule has 0 unspecified atom stereocenters. The van der Waals surface area contributed by atoms with Gasteiger partial charge in [-0.3, -0.25) is 14.3 Å². The average molecular weight is 445 g/mol. The van der Waals surface area contributed by atoms with Gasteiger partial charge in [0.2, 0.25) is 0 Å². The number of carbonyl (C=O) groups is 1. The lowest BCUT2D eigenvalue weighted by molar-refractivity contribution is -0.138. The molecular formula is C24H27F3N4O. The lowest BCUT2D eigenvalue weighted by atomic mass is 10.0. The van der Waals surface area contributed by atoms with E-state index in [2.05, 4.69) is 23.7 Å². The summed E-state index contributed by atoms with van der Waals surface area (Å²) in [6.07, 6.45) is -3.91. The Morgan fingerprint density at radius 1 is 1.19 bits per heavy atom. The zero-order valence-corrected chi connectivity index (χ0v) is 18.6. The van der Waals surface area contributed by atoms with Gasteiger partial charge in [0.05, 0.1) is 22.2 Å². The summed E-state index contributed by atoms with van der Waals surface area (Å²) in [4.78, 5) is 21.3. The first kappa shape index (κ1) is 22.3. The number of rotatable bonds is 4. The Bertz CT molecular complexity index is 1150. The first-order valence-electron chi connectivity index (χ1n) is 10.7. The summed E-state index contributed by atoms with van der Waals surface area (Å²) in [6.45, 7) is 7.40. The highest BCUT2D eigenvalue weighted by atomic mass is 19.4. The number of benzene rings is 2. The molecule has 1 aliphatic rings. The van der Waals surface area contributed by atoms with Crippen molar-refractivity contribution >= 4 is 16.9 Å². The third-order valence-corrected chi connectivity index (χ3v) is 6.32. The van der Waals surface area contributed by atoms with Crippen molar-refractivity contribution in [3.05, 3.63) is 59.4 Å². The van der Waals surface area contributed by atoms with E-state index in [1.807, 2.05) is 24.3 Å². The molecule has 32 heavy (non-hydrogen) atoms. The van der Waals surface area contributed by atoms with Crippen LogP contribution in [0.4, 0.5) is 13.2 Å². The minimum Gasteiger partial charge on any atom is -0.337 e. The van der Waals surface area contributed by atoms with Crippen molar-refractivity contribution in [1.82, 2.24) is 19.4 Å². The molecule has 3 aromatic rings. The van der Waals surface area contributed by atoms with Gasteiger partial charge in [-0.25, -0.2) is 4.98 Å². The maximum atomic E-state index is 14.0. The number of para-hydroxylation sites is 2. The fraction of sp³-hybridized carbons (Fsp3) is 0.417. The predicted octanol–water partition coefficient (Wildman–Crippen LogP) is 4.91. The van der Waals surface area contributed by atoms with Gasteiger partial charge in [0.25, 0.3) is 5.91 Å². The molecule has 1 amide bonds. The molecule has 4 rings (SSSR count). The third kappa shape index (κ3) is 3.99. The van der Waals surface area contributed by atoms with Crippen molar-refractivity contribution in [1.29, 1.82) is 0 Å². The molecule has 0 radical (unpaired) electrons. The first-order valence-corrected chi connectivity index (χ1v) is 10.7. The molecule has 1 aliphatic heterocycles. The molecule has 0 saturated carbocycles. The van der Waals surface area contributed by atoms with Crippen LogP contribution in [-0.2, 0) is 6.18 Å². The molecule has 1 saturated heterocycles. The zero-order valence-electron chi connectivity index (χ0n) is 18.6. The van der Waals surface area contributed by atoms with E-state index in [0.717, 1.165) is 19.0 Å². The van der Waals surface area contributed by atoms with E-state index < -0.39 is 17.6 Å². The molecule has 0 bridgehead atoms. The fourth-order valence-corrected chi connectivity index (χ4v) is 4.47. The molecule has 0 N–H and O–H groups in total. The van der Waals surface area contributed by atoms with Crippen molar-refractivity contribution in [2.24, 2.45) is 0 Å². The van der Waals surface area contributed by atoms with Gasteiger partial charge in [-0.05, 0) is 57.5 Å². The van der Waals surface area contributed by atoms with E-state index >= 15 is 0 Å². The summed E-state index contributed by atoms with van der Waals surface area (Å²) in [5.74, 6) is -0.0260. The lowest BCUT2D eigenvalue weighted by Crippen LogP contribution is -2.40. The number of aryl methyl sites for hydroxylation is 1. The van der Waals surface area contributed by atoms with Gasteiger partial charge in [-0.2, -0.15) is 13.2 Å². The molecule has 0 aliphatic carbocycles. The number of likely N-dealkylation sites (tertiary alicyclic amines) is 1. The largest absolute Gasteiger partial charge is 0.417 e. The topological polar surface area (TPSA) is 41.4 Å². The molecule has 8 heteroatoms. The second-order valence-electron chi connectivity index (χ2n) is 8.66. The smallest absolute Gasteiger partial charge is 0.337 e. The first-order chi connectivity index (χ1) is 15.1. The van der Waals surface area contributed by atoms with Crippen molar-refractivity contribution < 1.29 is 18.0 Å². The van der Waals surface area contributed by atoms with E-state index in [4.69, 9.17) is 0 Å². The highest BCUT2D eigenvalue weighted by Crippen LogP contribution is 2.35. The second kappa shape index (κ2) is 8.24. The van der Waals surface area contributed by atoms with Gasteiger partial charge in [0.15, 0.2) is 0 Å². The lowest BCUT2D eigenvalue weighted by Gasteiger charge is -2.27. The Kier molecular flexibility index (Phi) is 5.75. The molecule has 1 aromatic heterocycles. The number of aromatic nitrogens is 2. The van der Waals surface area contributed by atoms with Crippen LogP contribution in [0.2, 0.25) is 0 Å². The maximum absolute atomic E-state index is 14.0. The van der Waals surface area contributed by atoms with Crippen LogP contribution < -0.4 is 0 Å². The number of hydrogen-bond donors (Lipinski definition) is 0. The second-order valence-corrected chi connectivity index (χ2v) is 8.66. The van der Waals surface area contributed by atoms with E-state index in [1.165, 1.54) is 11.0 Å². The number of fused-ring (bicyclic) bond motifs is 1. The fourth-order valence-electron chi connectivity index (χ4n) is 4.47. The predicted molar refractivity (Wildman–Crippen MR) is 118 cm³/mol. The number of alkyl halides is 3. The van der Waals surface area contributed by atoms with Crippen LogP contribution in [-0.4, -0.2) is 57.5 Å². The summed E-state index contributed by atoms with van der Waals surface area (Å²) in [6, 6.07) is 11.4. The number of likely N-dealkylation sites (N-methyl/N-ethyl adjacent to an activating group) is 1. The van der Waals surface area contributed by atoms with E-state index in [0.29, 0.717) is 35.1 Å². The van der Waals surface area contributed by atoms with Crippen molar-refractivity contribution in [3.8, 4) is 5.69 Å². The number of halogens is 3. The number of carbonyl (C=O) groups excluding carboxylic acids is 1. The van der Waals surface area contributed by atoms with Gasteiger partial charge >= 0.3 is 6.18 Å². The summed E-state index contributed by atoms with van der Waals surface area (Å²) >= 11 is 0. The van der Waals surface area contributed by atoms with Crippen LogP contribution in [0.3, 0.4) is 0 Å². The maximum Gasteiger partial charge on any atom is 0.417 e. The number of imidazole rings is 1. The van der Waals surface area contributed by atoms with Crippen LogP contribution in [0.15, 0.2) is 42.5 Å². The molecule has 1 fully saturated rings. The molecule has 2 aromatic carbocycles. The summed E-state index contributed by atoms with van der Waals surface area (Å²) in [5, 5.41) is 0. The molecule has 2 heterocycles. The van der Waals surface area contributed by atoms with Crippen LogP contribution in [0, 0.1) is 6.92 Å². The van der Waals surface area contributed by atoms with Gasteiger partial charge in [0, 0.05) is 37.9 Å². The van der Waals surface area contributed by atoms with Gasteiger partial charge in [0.1, 0.15) is 5.82 Å². The Balaban J connectivity index is 1.72. The van der Waals surface area contributed by atoms with Gasteiger partial charge in [-0.1, -0.05) is 12.1 Å². The molecule has 0 spiro atoms. The summed E-state index contributed by atoms with van der Waals surface area (Å²) in [7, 11) is 1.60. The number of hydrogen-bond acceptors (Lipinski definition) is 3. The van der Waals surface area contributed by atoms with Crippen LogP contribution >= 0.6 is 0 Å². The van der Waals surface area contributed by atoms with E-state index in [1.54, 1.807) is 24.6 Å². The van der Waals surface area contributed by atoms with Crippen LogP contribution in [0.5, 0.6) is 0 Å². The SMILES string of the molecule is Cc1nc2ccccc2n1-c1ccc(C(=O)N(C)[C@@H]2CCN(C(C)C)C2)c(C(F)(F)F)c1.